The van der Waals surface area contributed by atoms with Crippen molar-refractivity contribution in [3.63, 3.8) is 0 Å². The van der Waals surface area contributed by atoms with Crippen molar-refractivity contribution in [1.29, 1.82) is 0 Å². The highest BCUT2D eigenvalue weighted by molar-refractivity contribution is 4.88. The topological polar surface area (TPSA) is 24.5 Å². The summed E-state index contributed by atoms with van der Waals surface area (Å²) in [5.74, 6) is 2.04. The van der Waals surface area contributed by atoms with Crippen LogP contribution in [0.2, 0.25) is 0 Å². The molecule has 3 rings (SSSR count). The van der Waals surface area contributed by atoms with E-state index in [2.05, 4.69) is 10.2 Å². The van der Waals surface area contributed by atoms with Crippen molar-refractivity contribution in [3.05, 3.63) is 0 Å². The van der Waals surface area contributed by atoms with E-state index < -0.39 is 0 Å². The van der Waals surface area contributed by atoms with Crippen LogP contribution in [0, 0.1) is 11.8 Å². The average Bonchev–Trinajstić information content (AvgIpc) is 3.22. The summed E-state index contributed by atoms with van der Waals surface area (Å²) >= 11 is 0. The van der Waals surface area contributed by atoms with Gasteiger partial charge in [0.05, 0.1) is 6.10 Å². The van der Waals surface area contributed by atoms with Gasteiger partial charge in [-0.3, -0.25) is 0 Å². The Balaban J connectivity index is 1.44. The summed E-state index contributed by atoms with van der Waals surface area (Å²) in [6, 6.07) is 0.664. The number of methoxy groups -OCH3 is 1. The van der Waals surface area contributed by atoms with E-state index in [9.17, 15) is 0 Å². The van der Waals surface area contributed by atoms with Crippen LogP contribution in [-0.2, 0) is 4.74 Å². The third-order valence-corrected chi connectivity index (χ3v) is 4.42. The molecule has 0 aromatic rings. The normalized spacial score (nSPS) is 33.5. The lowest BCUT2D eigenvalue weighted by Gasteiger charge is -2.25. The molecule has 0 radical (unpaired) electrons. The number of hydrogen-bond donors (Lipinski definition) is 1. The molecule has 0 aromatic carbocycles. The zero-order valence-electron chi connectivity index (χ0n) is 11.0. The van der Waals surface area contributed by atoms with E-state index in [0.29, 0.717) is 12.1 Å². The van der Waals surface area contributed by atoms with Crippen LogP contribution in [-0.4, -0.2) is 50.3 Å². The minimum Gasteiger partial charge on any atom is -0.380 e. The van der Waals surface area contributed by atoms with Gasteiger partial charge >= 0.3 is 0 Å². The maximum absolute atomic E-state index is 5.43. The van der Waals surface area contributed by atoms with Crippen LogP contribution in [0.1, 0.15) is 32.1 Å². The Morgan fingerprint density at radius 3 is 2.18 bits per heavy atom. The highest BCUT2D eigenvalue weighted by Crippen LogP contribution is 2.34. The smallest absolute Gasteiger partial charge is 0.0711 e. The number of ether oxygens (including phenoxy) is 1. The second-order valence-corrected chi connectivity index (χ2v) is 6.30. The van der Waals surface area contributed by atoms with Gasteiger partial charge in [-0.15, -0.1) is 0 Å². The molecule has 1 saturated heterocycles. The number of nitrogens with one attached hydrogen (secondary N) is 1. The zero-order valence-corrected chi connectivity index (χ0v) is 11.0. The Labute approximate surface area is 105 Å². The van der Waals surface area contributed by atoms with Gasteiger partial charge in [0.1, 0.15) is 0 Å². The molecule has 0 aromatic heterocycles. The Hall–Kier alpha value is -0.120. The van der Waals surface area contributed by atoms with Crippen LogP contribution in [0.3, 0.4) is 0 Å². The van der Waals surface area contributed by atoms with Gasteiger partial charge in [-0.05, 0) is 43.9 Å². The fourth-order valence-electron chi connectivity index (χ4n) is 2.97. The lowest BCUT2D eigenvalue weighted by molar-refractivity contribution is 0.115. The molecule has 3 aliphatic rings. The van der Waals surface area contributed by atoms with Gasteiger partial charge in [-0.1, -0.05) is 0 Å². The van der Waals surface area contributed by atoms with Crippen molar-refractivity contribution in [1.82, 2.24) is 10.2 Å². The first-order chi connectivity index (χ1) is 8.33. The molecule has 3 heteroatoms. The van der Waals surface area contributed by atoms with Gasteiger partial charge in [0.2, 0.25) is 0 Å². The zero-order chi connectivity index (χ0) is 11.7. The first-order valence-corrected chi connectivity index (χ1v) is 7.32. The van der Waals surface area contributed by atoms with Gasteiger partial charge in [0.25, 0.3) is 0 Å². The third-order valence-electron chi connectivity index (χ3n) is 4.42. The first kappa shape index (κ1) is 11.9. The third kappa shape index (κ3) is 3.67. The molecule has 17 heavy (non-hydrogen) atoms. The van der Waals surface area contributed by atoms with Gasteiger partial charge in [-0.2, -0.15) is 0 Å². The van der Waals surface area contributed by atoms with E-state index in [-0.39, 0.29) is 0 Å². The number of rotatable bonds is 7. The van der Waals surface area contributed by atoms with Crippen molar-refractivity contribution in [3.8, 4) is 0 Å². The quantitative estimate of drug-likeness (QED) is 0.727. The summed E-state index contributed by atoms with van der Waals surface area (Å²) in [5, 5.41) is 3.61. The maximum Gasteiger partial charge on any atom is 0.0711 e. The van der Waals surface area contributed by atoms with E-state index in [0.717, 1.165) is 18.4 Å². The first-order valence-electron chi connectivity index (χ1n) is 7.32. The summed E-state index contributed by atoms with van der Waals surface area (Å²) in [5.41, 5.74) is 0. The Morgan fingerprint density at radius 1 is 1.06 bits per heavy atom. The SMILES string of the molecule is COC1CNC(CN(CC2CC2)CC2CC2)C1. The predicted molar refractivity (Wildman–Crippen MR) is 69.1 cm³/mol. The highest BCUT2D eigenvalue weighted by Gasteiger charge is 2.32. The summed E-state index contributed by atoms with van der Waals surface area (Å²) in [6.45, 7) is 4.99. The second-order valence-electron chi connectivity index (χ2n) is 6.30. The van der Waals surface area contributed by atoms with E-state index in [4.69, 9.17) is 4.74 Å². The average molecular weight is 238 g/mol. The Bertz CT molecular complexity index is 237. The predicted octanol–water partition coefficient (Wildman–Crippen LogP) is 1.49. The van der Waals surface area contributed by atoms with Crippen molar-refractivity contribution in [2.75, 3.05) is 33.3 Å². The van der Waals surface area contributed by atoms with Gasteiger partial charge in [-0.25, -0.2) is 0 Å². The Morgan fingerprint density at radius 2 is 1.71 bits per heavy atom. The molecule has 3 fully saturated rings. The van der Waals surface area contributed by atoms with Crippen LogP contribution < -0.4 is 5.32 Å². The molecule has 3 nitrogen and oxygen atoms in total. The minimum absolute atomic E-state index is 0.448. The lowest BCUT2D eigenvalue weighted by atomic mass is 10.1. The summed E-state index contributed by atoms with van der Waals surface area (Å²) in [7, 11) is 1.83. The van der Waals surface area contributed by atoms with E-state index in [1.54, 1.807) is 0 Å². The summed E-state index contributed by atoms with van der Waals surface area (Å²) in [6.07, 6.45) is 7.53. The summed E-state index contributed by atoms with van der Waals surface area (Å²) in [4.78, 5) is 2.73. The lowest BCUT2D eigenvalue weighted by Crippen LogP contribution is -2.39. The molecule has 0 spiro atoms. The van der Waals surface area contributed by atoms with Crippen molar-refractivity contribution in [2.45, 2.75) is 44.2 Å². The van der Waals surface area contributed by atoms with Crippen LogP contribution in [0.25, 0.3) is 0 Å². The molecule has 1 heterocycles. The van der Waals surface area contributed by atoms with Gasteiger partial charge in [0, 0.05) is 39.3 Å². The fourth-order valence-corrected chi connectivity index (χ4v) is 2.97. The van der Waals surface area contributed by atoms with Crippen LogP contribution in [0.4, 0.5) is 0 Å². The highest BCUT2D eigenvalue weighted by atomic mass is 16.5. The van der Waals surface area contributed by atoms with Gasteiger partial charge in [0.15, 0.2) is 0 Å². The largest absolute Gasteiger partial charge is 0.380 e. The van der Waals surface area contributed by atoms with Crippen LogP contribution in [0.5, 0.6) is 0 Å². The molecular formula is C14H26N2O. The summed E-state index contributed by atoms with van der Waals surface area (Å²) < 4.78 is 5.43. The standard InChI is InChI=1S/C14H26N2O/c1-17-14-6-13(15-7-14)10-16(8-11-2-3-11)9-12-4-5-12/h11-15H,2-10H2,1H3. The molecule has 2 atom stereocenters. The van der Waals surface area contributed by atoms with Crippen LogP contribution in [0.15, 0.2) is 0 Å². The molecule has 1 N–H and O–H groups in total. The molecule has 1 aliphatic heterocycles. The molecule has 2 saturated carbocycles. The second kappa shape index (κ2) is 5.25. The van der Waals surface area contributed by atoms with Crippen molar-refractivity contribution < 1.29 is 4.74 Å². The van der Waals surface area contributed by atoms with Crippen LogP contribution >= 0.6 is 0 Å². The molecule has 2 aliphatic carbocycles. The molecule has 98 valence electrons. The van der Waals surface area contributed by atoms with E-state index in [1.807, 2.05) is 7.11 Å². The fraction of sp³-hybridized carbons (Fsp3) is 1.00. The number of hydrogen-bond acceptors (Lipinski definition) is 3. The molecule has 0 bridgehead atoms. The maximum atomic E-state index is 5.43. The van der Waals surface area contributed by atoms with Crippen molar-refractivity contribution >= 4 is 0 Å². The molecule has 2 unspecified atom stereocenters. The molecular weight excluding hydrogens is 212 g/mol. The molecule has 0 amide bonds. The van der Waals surface area contributed by atoms with Gasteiger partial charge < -0.3 is 15.0 Å². The minimum atomic E-state index is 0.448. The van der Waals surface area contributed by atoms with Crippen molar-refractivity contribution in [2.24, 2.45) is 11.8 Å². The number of nitrogens with zero attached hydrogens (tertiary/aromatic N) is 1. The van der Waals surface area contributed by atoms with E-state index >= 15 is 0 Å². The Kier molecular flexibility index (Phi) is 3.69. The monoisotopic (exact) mass is 238 g/mol. The van der Waals surface area contributed by atoms with E-state index in [1.165, 1.54) is 51.7 Å².